The summed E-state index contributed by atoms with van der Waals surface area (Å²) in [5, 5.41) is 3.20. The maximum Gasteiger partial charge on any atom is 0.330 e. The first-order chi connectivity index (χ1) is 9.57. The molecule has 6 heteroatoms. The lowest BCUT2D eigenvalue weighted by Gasteiger charge is -2.08. The minimum absolute atomic E-state index is 0.236. The van der Waals surface area contributed by atoms with Gasteiger partial charge in [0.1, 0.15) is 0 Å². The third-order valence-corrected chi connectivity index (χ3v) is 3.12. The first-order valence-electron chi connectivity index (χ1n) is 7.12. The molecule has 0 aliphatic heterocycles. The van der Waals surface area contributed by atoms with Crippen LogP contribution in [0.2, 0.25) is 0 Å². The minimum atomic E-state index is -0.303. The summed E-state index contributed by atoms with van der Waals surface area (Å²) in [4.78, 5) is 23.4. The van der Waals surface area contributed by atoms with Crippen LogP contribution in [0.25, 0.3) is 0 Å². The van der Waals surface area contributed by atoms with Crippen molar-refractivity contribution in [2.45, 2.75) is 32.7 Å². The van der Waals surface area contributed by atoms with Crippen molar-refractivity contribution in [3.63, 3.8) is 0 Å². The van der Waals surface area contributed by atoms with Gasteiger partial charge in [-0.2, -0.15) is 0 Å². The molecule has 0 saturated heterocycles. The van der Waals surface area contributed by atoms with Gasteiger partial charge in [0.05, 0.1) is 0 Å². The SMILES string of the molecule is CCCCOCCCNCc1cn(C)c(=O)n(C)c1=O. The first kappa shape index (κ1) is 16.7. The second-order valence-corrected chi connectivity index (χ2v) is 4.91. The van der Waals surface area contributed by atoms with Gasteiger partial charge < -0.3 is 14.6 Å². The lowest BCUT2D eigenvalue weighted by molar-refractivity contribution is 0.128. The van der Waals surface area contributed by atoms with E-state index in [2.05, 4.69) is 12.2 Å². The zero-order valence-corrected chi connectivity index (χ0v) is 12.6. The van der Waals surface area contributed by atoms with Crippen molar-refractivity contribution in [3.05, 3.63) is 32.6 Å². The minimum Gasteiger partial charge on any atom is -0.381 e. The standard InChI is InChI=1S/C14H25N3O3/c1-4-5-8-20-9-6-7-15-10-12-11-16(2)14(19)17(3)13(12)18/h11,15H,4-10H2,1-3H3. The fraction of sp³-hybridized carbons (Fsp3) is 0.714. The number of nitrogens with zero attached hydrogens (tertiary/aromatic N) is 2. The lowest BCUT2D eigenvalue weighted by atomic mass is 10.3. The van der Waals surface area contributed by atoms with Crippen LogP contribution in [0.4, 0.5) is 0 Å². The fourth-order valence-electron chi connectivity index (χ4n) is 1.88. The van der Waals surface area contributed by atoms with Gasteiger partial charge in [0.2, 0.25) is 0 Å². The quantitative estimate of drug-likeness (QED) is 0.666. The second kappa shape index (κ2) is 8.71. The molecule has 0 radical (unpaired) electrons. The zero-order chi connectivity index (χ0) is 15.0. The van der Waals surface area contributed by atoms with Gasteiger partial charge in [0.15, 0.2) is 0 Å². The van der Waals surface area contributed by atoms with Gasteiger partial charge >= 0.3 is 5.69 Å². The Hall–Kier alpha value is -1.40. The highest BCUT2D eigenvalue weighted by atomic mass is 16.5. The third kappa shape index (κ3) is 4.94. The Morgan fingerprint density at radius 3 is 2.60 bits per heavy atom. The van der Waals surface area contributed by atoms with E-state index in [1.807, 2.05) is 0 Å². The second-order valence-electron chi connectivity index (χ2n) is 4.91. The molecule has 0 bridgehead atoms. The number of nitrogens with one attached hydrogen (secondary N) is 1. The topological polar surface area (TPSA) is 65.3 Å². The molecule has 0 aliphatic carbocycles. The zero-order valence-electron chi connectivity index (χ0n) is 12.6. The largest absolute Gasteiger partial charge is 0.381 e. The van der Waals surface area contributed by atoms with Crippen molar-refractivity contribution in [2.24, 2.45) is 14.1 Å². The van der Waals surface area contributed by atoms with E-state index in [-0.39, 0.29) is 11.2 Å². The molecule has 1 N–H and O–H groups in total. The van der Waals surface area contributed by atoms with Crippen molar-refractivity contribution in [3.8, 4) is 0 Å². The summed E-state index contributed by atoms with van der Waals surface area (Å²) >= 11 is 0. The van der Waals surface area contributed by atoms with E-state index < -0.39 is 0 Å². The Morgan fingerprint density at radius 2 is 1.90 bits per heavy atom. The summed E-state index contributed by atoms with van der Waals surface area (Å²) in [5.74, 6) is 0. The molecule has 1 rings (SSSR count). The summed E-state index contributed by atoms with van der Waals surface area (Å²) in [6.07, 6.45) is 4.75. The molecule has 0 aliphatic rings. The predicted octanol–water partition coefficient (Wildman–Crippen LogP) is 0.380. The summed E-state index contributed by atoms with van der Waals surface area (Å²) in [5.41, 5.74) is 0.0596. The van der Waals surface area contributed by atoms with E-state index in [0.717, 1.165) is 43.6 Å². The Balaban J connectivity index is 2.33. The van der Waals surface area contributed by atoms with Crippen LogP contribution in [-0.2, 0) is 25.4 Å². The van der Waals surface area contributed by atoms with Gasteiger partial charge in [0, 0.05) is 45.6 Å². The van der Waals surface area contributed by atoms with E-state index in [0.29, 0.717) is 12.1 Å². The van der Waals surface area contributed by atoms with E-state index in [1.165, 1.54) is 11.6 Å². The average molecular weight is 283 g/mol. The highest BCUT2D eigenvalue weighted by Crippen LogP contribution is 1.90. The van der Waals surface area contributed by atoms with Crippen LogP contribution in [0.15, 0.2) is 15.8 Å². The van der Waals surface area contributed by atoms with E-state index in [4.69, 9.17) is 4.74 Å². The molecule has 1 aromatic rings. The van der Waals surface area contributed by atoms with Crippen LogP contribution < -0.4 is 16.6 Å². The predicted molar refractivity (Wildman–Crippen MR) is 79.0 cm³/mol. The first-order valence-corrected chi connectivity index (χ1v) is 7.12. The molecule has 114 valence electrons. The molecule has 0 saturated carbocycles. The maximum absolute atomic E-state index is 11.9. The third-order valence-electron chi connectivity index (χ3n) is 3.12. The average Bonchev–Trinajstić information content (AvgIpc) is 2.44. The van der Waals surface area contributed by atoms with Crippen LogP contribution in [0.3, 0.4) is 0 Å². The highest BCUT2D eigenvalue weighted by Gasteiger charge is 2.05. The Morgan fingerprint density at radius 1 is 1.20 bits per heavy atom. The number of hydrogen-bond acceptors (Lipinski definition) is 4. The van der Waals surface area contributed by atoms with Crippen LogP contribution in [-0.4, -0.2) is 28.9 Å². The van der Waals surface area contributed by atoms with Crippen molar-refractivity contribution in [2.75, 3.05) is 19.8 Å². The molecule has 20 heavy (non-hydrogen) atoms. The highest BCUT2D eigenvalue weighted by molar-refractivity contribution is 5.05. The number of aryl methyl sites for hydroxylation is 1. The fourth-order valence-corrected chi connectivity index (χ4v) is 1.88. The van der Waals surface area contributed by atoms with E-state index >= 15 is 0 Å². The molecule has 1 aromatic heterocycles. The van der Waals surface area contributed by atoms with Gasteiger partial charge in [-0.25, -0.2) is 4.79 Å². The van der Waals surface area contributed by atoms with Crippen LogP contribution in [0.1, 0.15) is 31.7 Å². The number of rotatable bonds is 9. The van der Waals surface area contributed by atoms with Gasteiger partial charge in [0.25, 0.3) is 5.56 Å². The molecule has 0 aromatic carbocycles. The van der Waals surface area contributed by atoms with Gasteiger partial charge in [-0.15, -0.1) is 0 Å². The molecule has 1 heterocycles. The van der Waals surface area contributed by atoms with Crippen molar-refractivity contribution >= 4 is 0 Å². The monoisotopic (exact) mass is 283 g/mol. The van der Waals surface area contributed by atoms with Crippen LogP contribution in [0, 0.1) is 0 Å². The van der Waals surface area contributed by atoms with Crippen molar-refractivity contribution in [1.29, 1.82) is 0 Å². The molecule has 0 unspecified atom stereocenters. The molecule has 6 nitrogen and oxygen atoms in total. The Labute approximate surface area is 119 Å². The van der Waals surface area contributed by atoms with Gasteiger partial charge in [-0.05, 0) is 19.4 Å². The summed E-state index contributed by atoms with van der Waals surface area (Å²) < 4.78 is 8.01. The smallest absolute Gasteiger partial charge is 0.330 e. The maximum atomic E-state index is 11.9. The number of ether oxygens (including phenoxy) is 1. The Kier molecular flexibility index (Phi) is 7.25. The normalized spacial score (nSPS) is 10.9. The summed E-state index contributed by atoms with van der Waals surface area (Å²) in [7, 11) is 3.14. The summed E-state index contributed by atoms with van der Waals surface area (Å²) in [6, 6.07) is 0. The molecule has 0 amide bonds. The van der Waals surface area contributed by atoms with Gasteiger partial charge in [-0.1, -0.05) is 13.3 Å². The number of aromatic nitrogens is 2. The van der Waals surface area contributed by atoms with E-state index in [1.54, 1.807) is 13.2 Å². The Bertz CT molecular complexity index is 519. The molecule has 0 spiro atoms. The van der Waals surface area contributed by atoms with E-state index in [9.17, 15) is 9.59 Å². The number of unbranched alkanes of at least 4 members (excludes halogenated alkanes) is 1. The molecule has 0 atom stereocenters. The molecular weight excluding hydrogens is 258 g/mol. The van der Waals surface area contributed by atoms with Crippen LogP contribution >= 0.6 is 0 Å². The van der Waals surface area contributed by atoms with Crippen molar-refractivity contribution in [1.82, 2.24) is 14.5 Å². The molecule has 0 fully saturated rings. The van der Waals surface area contributed by atoms with Gasteiger partial charge in [-0.3, -0.25) is 9.36 Å². The lowest BCUT2D eigenvalue weighted by Crippen LogP contribution is -2.39. The number of hydrogen-bond donors (Lipinski definition) is 1. The summed E-state index contributed by atoms with van der Waals surface area (Å²) in [6.45, 7) is 4.95. The van der Waals surface area contributed by atoms with Crippen molar-refractivity contribution < 1.29 is 4.74 Å². The molecular formula is C14H25N3O3. The van der Waals surface area contributed by atoms with Crippen LogP contribution in [0.5, 0.6) is 0 Å².